The highest BCUT2D eigenvalue weighted by molar-refractivity contribution is 5.98. The predicted molar refractivity (Wildman–Crippen MR) is 66.9 cm³/mol. The van der Waals surface area contributed by atoms with Crippen molar-refractivity contribution in [2.24, 2.45) is 4.99 Å². The Morgan fingerprint density at radius 1 is 1.25 bits per heavy atom. The van der Waals surface area contributed by atoms with Gasteiger partial charge < -0.3 is 4.90 Å². The predicted octanol–water partition coefficient (Wildman–Crippen LogP) is 2.51. The van der Waals surface area contributed by atoms with E-state index in [-0.39, 0.29) is 5.91 Å². The summed E-state index contributed by atoms with van der Waals surface area (Å²) in [4.78, 5) is 17.6. The number of amides is 1. The van der Waals surface area contributed by atoms with Gasteiger partial charge in [0, 0.05) is 18.7 Å². The van der Waals surface area contributed by atoms with E-state index in [1.165, 1.54) is 0 Å². The van der Waals surface area contributed by atoms with Crippen LogP contribution in [0.5, 0.6) is 0 Å². The Hall–Kier alpha value is -1.64. The molecule has 0 aromatic heterocycles. The molecule has 1 aromatic rings. The van der Waals surface area contributed by atoms with Crippen molar-refractivity contribution < 1.29 is 4.79 Å². The second-order valence-corrected chi connectivity index (χ2v) is 3.64. The molecule has 0 aliphatic heterocycles. The van der Waals surface area contributed by atoms with E-state index < -0.39 is 0 Å². The van der Waals surface area contributed by atoms with Crippen molar-refractivity contribution >= 4 is 12.2 Å². The normalized spacial score (nSPS) is 10.7. The Morgan fingerprint density at radius 2 is 1.81 bits per heavy atom. The third kappa shape index (κ3) is 3.50. The van der Waals surface area contributed by atoms with Crippen LogP contribution in [0.2, 0.25) is 0 Å². The molecular formula is C13H18N2O. The Balaban J connectivity index is 2.68. The highest BCUT2D eigenvalue weighted by Crippen LogP contribution is 2.04. The largest absolute Gasteiger partial charge is 0.363 e. The van der Waals surface area contributed by atoms with Crippen LogP contribution in [0.3, 0.4) is 0 Å². The van der Waals surface area contributed by atoms with Crippen LogP contribution < -0.4 is 0 Å². The van der Waals surface area contributed by atoms with Gasteiger partial charge in [-0.3, -0.25) is 4.79 Å². The molecule has 0 heterocycles. The van der Waals surface area contributed by atoms with Crippen molar-refractivity contribution in [1.29, 1.82) is 0 Å². The third-order valence-corrected chi connectivity index (χ3v) is 2.45. The molecule has 0 unspecified atom stereocenters. The number of benzene rings is 1. The van der Waals surface area contributed by atoms with E-state index in [1.54, 1.807) is 18.5 Å². The first-order valence-electron chi connectivity index (χ1n) is 5.56. The minimum atomic E-state index is -0.188. The van der Waals surface area contributed by atoms with E-state index in [0.29, 0.717) is 5.56 Å². The number of aliphatic imine (C=N–C) groups is 1. The summed E-state index contributed by atoms with van der Waals surface area (Å²) >= 11 is 0. The molecule has 1 amide bonds. The molecule has 0 saturated heterocycles. The van der Waals surface area contributed by atoms with Crippen LogP contribution in [-0.2, 0) is 0 Å². The molecular weight excluding hydrogens is 200 g/mol. The van der Waals surface area contributed by atoms with Crippen LogP contribution in [0.1, 0.15) is 29.8 Å². The Morgan fingerprint density at radius 3 is 2.31 bits per heavy atom. The summed E-state index contributed by atoms with van der Waals surface area (Å²) in [5.74, 6) is -0.188. The first-order chi connectivity index (χ1) is 7.67. The van der Waals surface area contributed by atoms with E-state index in [0.717, 1.165) is 18.7 Å². The molecule has 0 saturated carbocycles. The van der Waals surface area contributed by atoms with Crippen molar-refractivity contribution in [3.8, 4) is 0 Å². The lowest BCUT2D eigenvalue weighted by Crippen LogP contribution is -2.21. The maximum atomic E-state index is 11.7. The fourth-order valence-corrected chi connectivity index (χ4v) is 1.29. The van der Waals surface area contributed by atoms with Crippen LogP contribution >= 0.6 is 0 Å². The molecule has 3 heteroatoms. The van der Waals surface area contributed by atoms with Crippen LogP contribution in [0, 0.1) is 6.92 Å². The van der Waals surface area contributed by atoms with Crippen LogP contribution in [-0.4, -0.2) is 30.2 Å². The highest BCUT2D eigenvalue weighted by atomic mass is 16.1. The number of aryl methyl sites for hydroxylation is 1. The molecule has 16 heavy (non-hydrogen) atoms. The second-order valence-electron chi connectivity index (χ2n) is 3.64. The molecule has 0 fully saturated rings. The van der Waals surface area contributed by atoms with E-state index in [9.17, 15) is 4.79 Å². The molecule has 0 atom stereocenters. The van der Waals surface area contributed by atoms with Crippen molar-refractivity contribution in [3.63, 3.8) is 0 Å². The summed E-state index contributed by atoms with van der Waals surface area (Å²) in [6, 6.07) is 7.44. The van der Waals surface area contributed by atoms with Crippen LogP contribution in [0.4, 0.5) is 0 Å². The minimum Gasteiger partial charge on any atom is -0.363 e. The first kappa shape index (κ1) is 12.4. The number of rotatable bonds is 4. The lowest BCUT2D eigenvalue weighted by Gasteiger charge is -2.12. The summed E-state index contributed by atoms with van der Waals surface area (Å²) < 4.78 is 0. The fourth-order valence-electron chi connectivity index (χ4n) is 1.29. The van der Waals surface area contributed by atoms with Gasteiger partial charge in [-0.2, -0.15) is 4.99 Å². The fraction of sp³-hybridized carbons (Fsp3) is 0.385. The summed E-state index contributed by atoms with van der Waals surface area (Å²) in [5, 5.41) is 0. The maximum absolute atomic E-state index is 11.7. The van der Waals surface area contributed by atoms with Gasteiger partial charge in [0.1, 0.15) is 0 Å². The van der Waals surface area contributed by atoms with E-state index >= 15 is 0 Å². The first-order valence-corrected chi connectivity index (χ1v) is 5.56. The number of nitrogens with zero attached hydrogens (tertiary/aromatic N) is 2. The molecule has 0 N–H and O–H groups in total. The molecule has 1 rings (SSSR count). The van der Waals surface area contributed by atoms with Gasteiger partial charge in [0.15, 0.2) is 0 Å². The monoisotopic (exact) mass is 218 g/mol. The minimum absolute atomic E-state index is 0.188. The third-order valence-electron chi connectivity index (χ3n) is 2.45. The SMILES string of the molecule is CCN(C=NC(=O)c1ccc(C)cc1)CC. The van der Waals surface area contributed by atoms with E-state index in [1.807, 2.05) is 37.8 Å². The lowest BCUT2D eigenvalue weighted by atomic mass is 10.1. The van der Waals surface area contributed by atoms with Crippen molar-refractivity contribution in [1.82, 2.24) is 4.90 Å². The number of carbonyl (C=O) groups is 1. The lowest BCUT2D eigenvalue weighted by molar-refractivity contribution is 0.100. The topological polar surface area (TPSA) is 32.7 Å². The van der Waals surface area contributed by atoms with Crippen LogP contribution in [0.25, 0.3) is 0 Å². The van der Waals surface area contributed by atoms with Crippen molar-refractivity contribution in [3.05, 3.63) is 35.4 Å². The van der Waals surface area contributed by atoms with E-state index in [2.05, 4.69) is 4.99 Å². The highest BCUT2D eigenvalue weighted by Gasteiger charge is 2.02. The number of hydrogen-bond donors (Lipinski definition) is 0. The Kier molecular flexibility index (Phi) is 4.70. The maximum Gasteiger partial charge on any atom is 0.278 e. The van der Waals surface area contributed by atoms with Crippen molar-refractivity contribution in [2.45, 2.75) is 20.8 Å². The Labute approximate surface area is 96.8 Å². The van der Waals surface area contributed by atoms with Crippen LogP contribution in [0.15, 0.2) is 29.3 Å². The van der Waals surface area contributed by atoms with Gasteiger partial charge in [-0.1, -0.05) is 17.7 Å². The molecule has 1 aromatic carbocycles. The smallest absolute Gasteiger partial charge is 0.278 e. The zero-order valence-electron chi connectivity index (χ0n) is 10.1. The van der Waals surface area contributed by atoms with Crippen molar-refractivity contribution in [2.75, 3.05) is 13.1 Å². The quantitative estimate of drug-likeness (QED) is 0.574. The molecule has 86 valence electrons. The average molecular weight is 218 g/mol. The molecule has 3 nitrogen and oxygen atoms in total. The second kappa shape index (κ2) is 6.05. The van der Waals surface area contributed by atoms with Gasteiger partial charge in [0.25, 0.3) is 5.91 Å². The zero-order chi connectivity index (χ0) is 12.0. The zero-order valence-corrected chi connectivity index (χ0v) is 10.1. The van der Waals surface area contributed by atoms with Gasteiger partial charge in [0.2, 0.25) is 0 Å². The number of carbonyl (C=O) groups excluding carboxylic acids is 1. The molecule has 0 radical (unpaired) electrons. The molecule has 0 spiro atoms. The number of hydrogen-bond acceptors (Lipinski definition) is 1. The molecule has 0 aliphatic carbocycles. The van der Waals surface area contributed by atoms with E-state index in [4.69, 9.17) is 0 Å². The summed E-state index contributed by atoms with van der Waals surface area (Å²) in [7, 11) is 0. The molecule has 0 aliphatic rings. The summed E-state index contributed by atoms with van der Waals surface area (Å²) in [5.41, 5.74) is 1.78. The summed E-state index contributed by atoms with van der Waals surface area (Å²) in [6.07, 6.45) is 1.61. The van der Waals surface area contributed by atoms with Gasteiger partial charge in [0.05, 0.1) is 6.34 Å². The standard InChI is InChI=1S/C13H18N2O/c1-4-15(5-2)10-14-13(16)12-8-6-11(3)7-9-12/h6-10H,4-5H2,1-3H3. The van der Waals surface area contributed by atoms with Gasteiger partial charge in [-0.25, -0.2) is 0 Å². The molecule has 0 bridgehead atoms. The van der Waals surface area contributed by atoms with Gasteiger partial charge in [-0.15, -0.1) is 0 Å². The summed E-state index contributed by atoms with van der Waals surface area (Å²) in [6.45, 7) is 7.79. The van der Waals surface area contributed by atoms with Gasteiger partial charge >= 0.3 is 0 Å². The van der Waals surface area contributed by atoms with Gasteiger partial charge in [-0.05, 0) is 32.9 Å². The average Bonchev–Trinajstić information content (AvgIpc) is 2.31. The Bertz CT molecular complexity index is 364.